The molecule has 0 radical (unpaired) electrons. The van der Waals surface area contributed by atoms with Crippen molar-refractivity contribution in [2.45, 2.75) is 13.5 Å². The van der Waals surface area contributed by atoms with Gasteiger partial charge in [0.05, 0.1) is 25.4 Å². The molecule has 0 saturated carbocycles. The number of rotatable bonds is 5. The van der Waals surface area contributed by atoms with Gasteiger partial charge in [0.25, 0.3) is 0 Å². The van der Waals surface area contributed by atoms with Crippen molar-refractivity contribution < 1.29 is 9.84 Å². The van der Waals surface area contributed by atoms with Gasteiger partial charge in [0.2, 0.25) is 0 Å². The second-order valence-electron chi connectivity index (χ2n) is 7.90. The zero-order chi connectivity index (χ0) is 21.5. The number of aromatic hydroxyl groups is 1. The van der Waals surface area contributed by atoms with Crippen molar-refractivity contribution in [3.63, 3.8) is 0 Å². The number of aliphatic imine (C=N–C) groups is 1. The fourth-order valence-electron chi connectivity index (χ4n) is 4.12. The number of piperazine rings is 1. The van der Waals surface area contributed by atoms with Crippen molar-refractivity contribution in [2.75, 3.05) is 68.8 Å². The van der Waals surface area contributed by atoms with Crippen LogP contribution >= 0.6 is 0 Å². The van der Waals surface area contributed by atoms with Crippen molar-refractivity contribution in [3.8, 4) is 5.75 Å². The second kappa shape index (κ2) is 10.4. The molecule has 7 heteroatoms. The van der Waals surface area contributed by atoms with Crippen molar-refractivity contribution in [3.05, 3.63) is 54.1 Å². The number of benzene rings is 2. The molecular weight excluding hydrogens is 390 g/mol. The Balaban J connectivity index is 1.35. The Bertz CT molecular complexity index is 857. The number of nitrogens with zero attached hydrogens (tertiary/aromatic N) is 4. The molecule has 0 unspecified atom stereocenters. The standard InChI is InChI=1S/C24H33N5O2/c1-2-25-24(29-13-11-28(12-14-29)22-5-3-4-6-23(22)30)26-19-20-7-9-21(10-8-20)27-15-17-31-18-16-27/h3-10,30H,2,11-19H2,1H3,(H,25,26). The number of nitrogens with one attached hydrogen (secondary N) is 1. The van der Waals surface area contributed by atoms with Crippen LogP contribution in [-0.4, -0.2) is 75.0 Å². The van der Waals surface area contributed by atoms with Gasteiger partial charge in [-0.15, -0.1) is 0 Å². The van der Waals surface area contributed by atoms with E-state index in [4.69, 9.17) is 9.73 Å². The highest BCUT2D eigenvalue weighted by atomic mass is 16.5. The molecule has 7 nitrogen and oxygen atoms in total. The van der Waals surface area contributed by atoms with Gasteiger partial charge in [-0.3, -0.25) is 0 Å². The van der Waals surface area contributed by atoms with Crippen LogP contribution in [0.3, 0.4) is 0 Å². The molecule has 0 aliphatic carbocycles. The lowest BCUT2D eigenvalue weighted by molar-refractivity contribution is 0.122. The molecule has 2 heterocycles. The zero-order valence-corrected chi connectivity index (χ0v) is 18.3. The molecule has 2 fully saturated rings. The molecule has 0 spiro atoms. The van der Waals surface area contributed by atoms with E-state index in [0.717, 1.165) is 70.7 Å². The first-order valence-corrected chi connectivity index (χ1v) is 11.2. The lowest BCUT2D eigenvalue weighted by Gasteiger charge is -2.37. The number of phenols is 1. The summed E-state index contributed by atoms with van der Waals surface area (Å²) in [4.78, 5) is 11.8. The summed E-state index contributed by atoms with van der Waals surface area (Å²) in [5.74, 6) is 1.30. The van der Waals surface area contributed by atoms with Gasteiger partial charge in [-0.05, 0) is 36.8 Å². The maximum Gasteiger partial charge on any atom is 0.194 e. The molecule has 4 rings (SSSR count). The quantitative estimate of drug-likeness (QED) is 0.569. The third-order valence-electron chi connectivity index (χ3n) is 5.86. The van der Waals surface area contributed by atoms with Gasteiger partial charge >= 0.3 is 0 Å². The number of phenolic OH excluding ortho intramolecular Hbond substituents is 1. The molecule has 2 aliphatic heterocycles. The lowest BCUT2D eigenvalue weighted by Crippen LogP contribution is -2.52. The minimum absolute atomic E-state index is 0.344. The van der Waals surface area contributed by atoms with Crippen LogP contribution in [0.15, 0.2) is 53.5 Å². The molecule has 2 saturated heterocycles. The van der Waals surface area contributed by atoms with Gasteiger partial charge in [0.1, 0.15) is 5.75 Å². The Morgan fingerprint density at radius 2 is 1.65 bits per heavy atom. The minimum Gasteiger partial charge on any atom is -0.506 e. The predicted octanol–water partition coefficient (Wildman–Crippen LogP) is 2.52. The Morgan fingerprint density at radius 1 is 0.935 bits per heavy atom. The summed E-state index contributed by atoms with van der Waals surface area (Å²) in [7, 11) is 0. The van der Waals surface area contributed by atoms with Crippen molar-refractivity contribution in [2.24, 2.45) is 4.99 Å². The van der Waals surface area contributed by atoms with Gasteiger partial charge in [0, 0.05) is 51.5 Å². The Morgan fingerprint density at radius 3 is 2.32 bits per heavy atom. The minimum atomic E-state index is 0.344. The normalized spacial score (nSPS) is 17.7. The number of anilines is 2. The first kappa shape index (κ1) is 21.3. The average Bonchev–Trinajstić information content (AvgIpc) is 2.83. The van der Waals surface area contributed by atoms with Gasteiger partial charge in [0.15, 0.2) is 5.96 Å². The van der Waals surface area contributed by atoms with Crippen LogP contribution in [-0.2, 0) is 11.3 Å². The number of ether oxygens (including phenoxy) is 1. The summed E-state index contributed by atoms with van der Waals surface area (Å²) in [5, 5.41) is 13.6. The molecule has 31 heavy (non-hydrogen) atoms. The highest BCUT2D eigenvalue weighted by Gasteiger charge is 2.21. The number of hydrogen-bond acceptors (Lipinski definition) is 5. The maximum atomic E-state index is 10.1. The third kappa shape index (κ3) is 5.41. The summed E-state index contributed by atoms with van der Waals surface area (Å²) in [5.41, 5.74) is 3.37. The summed E-state index contributed by atoms with van der Waals surface area (Å²) < 4.78 is 5.44. The average molecular weight is 424 g/mol. The van der Waals surface area contributed by atoms with E-state index in [1.165, 1.54) is 11.3 Å². The van der Waals surface area contributed by atoms with Crippen LogP contribution in [0.1, 0.15) is 12.5 Å². The summed E-state index contributed by atoms with van der Waals surface area (Å²) >= 11 is 0. The van der Waals surface area contributed by atoms with Gasteiger partial charge in [-0.2, -0.15) is 0 Å². The Kier molecular flexibility index (Phi) is 7.14. The molecule has 2 aliphatic rings. The van der Waals surface area contributed by atoms with Crippen molar-refractivity contribution >= 4 is 17.3 Å². The van der Waals surface area contributed by atoms with Crippen LogP contribution < -0.4 is 15.1 Å². The lowest BCUT2D eigenvalue weighted by atomic mass is 10.2. The van der Waals surface area contributed by atoms with Crippen LogP contribution in [0, 0.1) is 0 Å². The van der Waals surface area contributed by atoms with E-state index in [0.29, 0.717) is 12.3 Å². The largest absolute Gasteiger partial charge is 0.506 e. The number of morpholine rings is 1. The summed E-state index contributed by atoms with van der Waals surface area (Å²) in [6.07, 6.45) is 0. The number of hydrogen-bond donors (Lipinski definition) is 2. The Labute approximate surface area is 184 Å². The smallest absolute Gasteiger partial charge is 0.194 e. The van der Waals surface area contributed by atoms with E-state index < -0.39 is 0 Å². The second-order valence-corrected chi connectivity index (χ2v) is 7.90. The monoisotopic (exact) mass is 423 g/mol. The van der Waals surface area contributed by atoms with Crippen LogP contribution in [0.4, 0.5) is 11.4 Å². The topological polar surface area (TPSA) is 63.6 Å². The molecule has 0 bridgehead atoms. The first-order valence-electron chi connectivity index (χ1n) is 11.2. The van der Waals surface area contributed by atoms with E-state index in [1.54, 1.807) is 6.07 Å². The van der Waals surface area contributed by atoms with Crippen LogP contribution in [0.2, 0.25) is 0 Å². The van der Waals surface area contributed by atoms with E-state index in [1.807, 2.05) is 18.2 Å². The van der Waals surface area contributed by atoms with E-state index in [2.05, 4.69) is 51.2 Å². The summed E-state index contributed by atoms with van der Waals surface area (Å²) in [6.45, 7) is 10.6. The van der Waals surface area contributed by atoms with Gasteiger partial charge in [-0.1, -0.05) is 24.3 Å². The molecular formula is C24H33N5O2. The molecule has 0 amide bonds. The van der Waals surface area contributed by atoms with E-state index in [-0.39, 0.29) is 0 Å². The van der Waals surface area contributed by atoms with Gasteiger partial charge in [-0.25, -0.2) is 4.99 Å². The molecule has 2 aromatic carbocycles. The molecule has 0 atom stereocenters. The fourth-order valence-corrected chi connectivity index (χ4v) is 4.12. The Hall–Kier alpha value is -2.93. The van der Waals surface area contributed by atoms with Crippen LogP contribution in [0.5, 0.6) is 5.75 Å². The highest BCUT2D eigenvalue weighted by molar-refractivity contribution is 5.80. The fraction of sp³-hybridized carbons (Fsp3) is 0.458. The number of para-hydroxylation sites is 2. The molecule has 0 aromatic heterocycles. The van der Waals surface area contributed by atoms with Crippen molar-refractivity contribution in [1.29, 1.82) is 0 Å². The van der Waals surface area contributed by atoms with Crippen molar-refractivity contribution in [1.82, 2.24) is 10.2 Å². The molecule has 2 aromatic rings. The number of guanidine groups is 1. The zero-order valence-electron chi connectivity index (χ0n) is 18.3. The molecule has 166 valence electrons. The summed E-state index contributed by atoms with van der Waals surface area (Å²) in [6, 6.07) is 16.3. The van der Waals surface area contributed by atoms with Gasteiger partial charge < -0.3 is 29.9 Å². The first-order chi connectivity index (χ1) is 15.2. The van der Waals surface area contributed by atoms with E-state index in [9.17, 15) is 5.11 Å². The SMILES string of the molecule is CCNC(=NCc1ccc(N2CCOCC2)cc1)N1CCN(c2ccccc2O)CC1. The highest BCUT2D eigenvalue weighted by Crippen LogP contribution is 2.27. The predicted molar refractivity (Wildman–Crippen MR) is 126 cm³/mol. The van der Waals surface area contributed by atoms with E-state index >= 15 is 0 Å². The third-order valence-corrected chi connectivity index (χ3v) is 5.86. The molecule has 2 N–H and O–H groups in total. The maximum absolute atomic E-state index is 10.1. The van der Waals surface area contributed by atoms with Crippen LogP contribution in [0.25, 0.3) is 0 Å².